The van der Waals surface area contributed by atoms with Gasteiger partial charge in [0, 0.05) is 5.56 Å². The number of hydroxylamine groups is 1. The van der Waals surface area contributed by atoms with Crippen LogP contribution in [0.1, 0.15) is 24.9 Å². The molecule has 0 radical (unpaired) electrons. The van der Waals surface area contributed by atoms with E-state index in [0.717, 1.165) is 0 Å². The third-order valence-corrected chi connectivity index (χ3v) is 1.84. The number of halogens is 1. The number of hydrogen-bond acceptors (Lipinski definition) is 2. The second-order valence-corrected chi connectivity index (χ2v) is 2.61. The normalized spacial score (nSPS) is 12.9. The van der Waals surface area contributed by atoms with Crippen molar-refractivity contribution in [3.63, 3.8) is 0 Å². The van der Waals surface area contributed by atoms with Gasteiger partial charge in [-0.05, 0) is 12.5 Å². The number of hydrogen-bond donors (Lipinski definition) is 2. The molecule has 0 aliphatic carbocycles. The van der Waals surface area contributed by atoms with Crippen LogP contribution >= 0.6 is 0 Å². The highest BCUT2D eigenvalue weighted by atomic mass is 19.1. The smallest absolute Gasteiger partial charge is 0.128 e. The molecule has 3 heteroatoms. The molecule has 2 nitrogen and oxygen atoms in total. The first-order valence-corrected chi connectivity index (χ1v) is 3.93. The maximum absolute atomic E-state index is 13.1. The standard InChI is InChI=1S/C9H12FNO/c1-2-9(11-12)7-5-3-4-6-8(7)10/h3-6,9,11-12H,2H2,1H3. The summed E-state index contributed by atoms with van der Waals surface area (Å²) in [5.74, 6) is -0.286. The zero-order chi connectivity index (χ0) is 8.97. The van der Waals surface area contributed by atoms with Gasteiger partial charge in [-0.25, -0.2) is 4.39 Å². The minimum Gasteiger partial charge on any atom is -0.316 e. The first-order valence-electron chi connectivity index (χ1n) is 3.93. The molecule has 0 aromatic heterocycles. The minimum absolute atomic E-state index is 0.286. The Hall–Kier alpha value is -0.930. The predicted octanol–water partition coefficient (Wildman–Crippen LogP) is 2.26. The van der Waals surface area contributed by atoms with Crippen molar-refractivity contribution < 1.29 is 9.60 Å². The van der Waals surface area contributed by atoms with Gasteiger partial charge < -0.3 is 5.21 Å². The van der Waals surface area contributed by atoms with Crippen molar-refractivity contribution in [1.82, 2.24) is 5.48 Å². The van der Waals surface area contributed by atoms with Crippen molar-refractivity contribution in [2.24, 2.45) is 0 Å². The highest BCUT2D eigenvalue weighted by Crippen LogP contribution is 2.18. The lowest BCUT2D eigenvalue weighted by Crippen LogP contribution is -2.17. The van der Waals surface area contributed by atoms with Crippen LogP contribution in [0.4, 0.5) is 4.39 Å². The van der Waals surface area contributed by atoms with E-state index in [2.05, 4.69) is 5.48 Å². The van der Waals surface area contributed by atoms with E-state index in [9.17, 15) is 4.39 Å². The summed E-state index contributed by atoms with van der Waals surface area (Å²) in [5.41, 5.74) is 2.57. The second kappa shape index (κ2) is 4.18. The van der Waals surface area contributed by atoms with Gasteiger partial charge in [-0.1, -0.05) is 25.1 Å². The highest BCUT2D eigenvalue weighted by molar-refractivity contribution is 5.20. The summed E-state index contributed by atoms with van der Waals surface area (Å²) in [4.78, 5) is 0. The van der Waals surface area contributed by atoms with E-state index in [1.807, 2.05) is 6.92 Å². The van der Waals surface area contributed by atoms with Crippen molar-refractivity contribution in [3.05, 3.63) is 35.6 Å². The molecular weight excluding hydrogens is 157 g/mol. The number of nitrogens with one attached hydrogen (secondary N) is 1. The third-order valence-electron chi connectivity index (χ3n) is 1.84. The number of benzene rings is 1. The molecular formula is C9H12FNO. The SMILES string of the molecule is CCC(NO)c1ccccc1F. The van der Waals surface area contributed by atoms with Crippen LogP contribution in [0, 0.1) is 5.82 Å². The van der Waals surface area contributed by atoms with Crippen LogP contribution in [0.15, 0.2) is 24.3 Å². The molecule has 1 unspecified atom stereocenters. The Bertz CT molecular complexity index is 248. The van der Waals surface area contributed by atoms with E-state index < -0.39 is 0 Å². The Labute approximate surface area is 71.0 Å². The first-order chi connectivity index (χ1) is 5.79. The van der Waals surface area contributed by atoms with E-state index in [4.69, 9.17) is 5.21 Å². The van der Waals surface area contributed by atoms with Gasteiger partial charge in [0.2, 0.25) is 0 Å². The molecule has 0 fully saturated rings. The monoisotopic (exact) mass is 169 g/mol. The molecule has 0 aliphatic heterocycles. The summed E-state index contributed by atoms with van der Waals surface area (Å²) >= 11 is 0. The molecule has 0 bridgehead atoms. The zero-order valence-electron chi connectivity index (χ0n) is 6.92. The second-order valence-electron chi connectivity index (χ2n) is 2.61. The average molecular weight is 169 g/mol. The van der Waals surface area contributed by atoms with E-state index >= 15 is 0 Å². The molecule has 0 amide bonds. The largest absolute Gasteiger partial charge is 0.316 e. The Morgan fingerprint density at radius 1 is 1.50 bits per heavy atom. The topological polar surface area (TPSA) is 32.3 Å². The molecule has 1 aromatic carbocycles. The van der Waals surface area contributed by atoms with Crippen molar-refractivity contribution in [2.45, 2.75) is 19.4 Å². The maximum Gasteiger partial charge on any atom is 0.128 e. The predicted molar refractivity (Wildman–Crippen MR) is 44.4 cm³/mol. The van der Waals surface area contributed by atoms with Gasteiger partial charge in [0.15, 0.2) is 0 Å². The van der Waals surface area contributed by atoms with Gasteiger partial charge in [-0.15, -0.1) is 0 Å². The summed E-state index contributed by atoms with van der Waals surface area (Å²) in [7, 11) is 0. The first kappa shape index (κ1) is 9.16. The molecule has 12 heavy (non-hydrogen) atoms. The Kier molecular flexibility index (Phi) is 3.19. The molecule has 0 saturated heterocycles. The lowest BCUT2D eigenvalue weighted by Gasteiger charge is -2.13. The van der Waals surface area contributed by atoms with Crippen molar-refractivity contribution in [2.75, 3.05) is 0 Å². The van der Waals surface area contributed by atoms with Crippen LogP contribution in [-0.4, -0.2) is 5.21 Å². The Balaban J connectivity index is 2.92. The molecule has 1 rings (SSSR count). The van der Waals surface area contributed by atoms with Gasteiger partial charge in [0.05, 0.1) is 6.04 Å². The van der Waals surface area contributed by atoms with Gasteiger partial charge in [0.25, 0.3) is 0 Å². The van der Waals surface area contributed by atoms with E-state index in [1.165, 1.54) is 6.07 Å². The summed E-state index contributed by atoms with van der Waals surface area (Å²) in [6, 6.07) is 6.11. The maximum atomic E-state index is 13.1. The summed E-state index contributed by atoms with van der Waals surface area (Å²) < 4.78 is 13.1. The molecule has 2 N–H and O–H groups in total. The van der Waals surface area contributed by atoms with Crippen molar-refractivity contribution >= 4 is 0 Å². The molecule has 1 aromatic rings. The van der Waals surface area contributed by atoms with Crippen LogP contribution in [0.5, 0.6) is 0 Å². The van der Waals surface area contributed by atoms with Crippen LogP contribution < -0.4 is 5.48 Å². The lowest BCUT2D eigenvalue weighted by atomic mass is 10.1. The van der Waals surface area contributed by atoms with Crippen molar-refractivity contribution in [1.29, 1.82) is 0 Å². The van der Waals surface area contributed by atoms with E-state index in [-0.39, 0.29) is 11.9 Å². The van der Waals surface area contributed by atoms with Gasteiger partial charge in [-0.3, -0.25) is 0 Å². The average Bonchev–Trinajstić information content (AvgIpc) is 2.10. The highest BCUT2D eigenvalue weighted by Gasteiger charge is 2.10. The van der Waals surface area contributed by atoms with Gasteiger partial charge >= 0.3 is 0 Å². The molecule has 0 aliphatic rings. The molecule has 1 atom stereocenters. The van der Waals surface area contributed by atoms with Crippen LogP contribution in [0.3, 0.4) is 0 Å². The lowest BCUT2D eigenvalue weighted by molar-refractivity contribution is 0.122. The van der Waals surface area contributed by atoms with Crippen LogP contribution in [0.2, 0.25) is 0 Å². The molecule has 0 heterocycles. The fourth-order valence-electron chi connectivity index (χ4n) is 1.14. The fraction of sp³-hybridized carbons (Fsp3) is 0.333. The molecule has 0 spiro atoms. The summed E-state index contributed by atoms with van der Waals surface area (Å²) in [5, 5.41) is 8.69. The minimum atomic E-state index is -0.314. The Morgan fingerprint density at radius 2 is 2.17 bits per heavy atom. The van der Waals surface area contributed by atoms with Gasteiger partial charge in [-0.2, -0.15) is 5.48 Å². The summed E-state index contributed by atoms with van der Waals surface area (Å²) in [6.07, 6.45) is 0.650. The summed E-state index contributed by atoms with van der Waals surface area (Å²) in [6.45, 7) is 1.88. The number of rotatable bonds is 3. The van der Waals surface area contributed by atoms with E-state index in [1.54, 1.807) is 18.2 Å². The Morgan fingerprint density at radius 3 is 2.67 bits per heavy atom. The van der Waals surface area contributed by atoms with Crippen LogP contribution in [0.25, 0.3) is 0 Å². The molecule has 66 valence electrons. The quantitative estimate of drug-likeness (QED) is 0.680. The zero-order valence-corrected chi connectivity index (χ0v) is 6.92. The fourth-order valence-corrected chi connectivity index (χ4v) is 1.14. The van der Waals surface area contributed by atoms with E-state index in [0.29, 0.717) is 12.0 Å². The van der Waals surface area contributed by atoms with Gasteiger partial charge in [0.1, 0.15) is 5.82 Å². The third kappa shape index (κ3) is 1.81. The van der Waals surface area contributed by atoms with Crippen LogP contribution in [-0.2, 0) is 0 Å². The van der Waals surface area contributed by atoms with Crippen molar-refractivity contribution in [3.8, 4) is 0 Å². The molecule has 0 saturated carbocycles.